The van der Waals surface area contributed by atoms with Crippen molar-refractivity contribution < 1.29 is 28.0 Å². The van der Waals surface area contributed by atoms with Gasteiger partial charge in [-0.25, -0.2) is 9.80 Å². The SMILES string of the molecule is CC(=O)Nc1sc2c(c1C(=O)OCC(=O)N1N=C(c3ccco3)CC1c1ccco1)CCCC2. The lowest BCUT2D eigenvalue weighted by atomic mass is 9.95. The van der Waals surface area contributed by atoms with E-state index in [9.17, 15) is 14.4 Å². The number of nitrogens with zero attached hydrogens (tertiary/aromatic N) is 2. The van der Waals surface area contributed by atoms with Gasteiger partial charge in [0, 0.05) is 18.2 Å². The van der Waals surface area contributed by atoms with Gasteiger partial charge < -0.3 is 18.9 Å². The Balaban J connectivity index is 1.34. The monoisotopic (exact) mass is 481 g/mol. The van der Waals surface area contributed by atoms with Gasteiger partial charge in [0.2, 0.25) is 5.91 Å². The van der Waals surface area contributed by atoms with E-state index in [2.05, 4.69) is 10.4 Å². The molecular formula is C24H23N3O6S. The van der Waals surface area contributed by atoms with Crippen molar-refractivity contribution in [2.24, 2.45) is 5.10 Å². The van der Waals surface area contributed by atoms with E-state index in [0.717, 1.165) is 36.1 Å². The number of amides is 2. The summed E-state index contributed by atoms with van der Waals surface area (Å²) in [5, 5.41) is 8.93. The highest BCUT2D eigenvalue weighted by atomic mass is 32.1. The van der Waals surface area contributed by atoms with E-state index in [1.807, 2.05) is 0 Å². The van der Waals surface area contributed by atoms with Crippen LogP contribution in [0, 0.1) is 0 Å². The lowest BCUT2D eigenvalue weighted by Gasteiger charge is -2.20. The summed E-state index contributed by atoms with van der Waals surface area (Å²) in [6.07, 6.45) is 7.09. The molecule has 1 aliphatic carbocycles. The fourth-order valence-corrected chi connectivity index (χ4v) is 5.65. The maximum Gasteiger partial charge on any atom is 0.341 e. The van der Waals surface area contributed by atoms with Crippen molar-refractivity contribution >= 4 is 39.8 Å². The van der Waals surface area contributed by atoms with Gasteiger partial charge in [0.15, 0.2) is 6.61 Å². The van der Waals surface area contributed by atoms with Gasteiger partial charge in [-0.3, -0.25) is 9.59 Å². The van der Waals surface area contributed by atoms with Crippen LogP contribution < -0.4 is 5.32 Å². The number of furan rings is 2. The lowest BCUT2D eigenvalue weighted by molar-refractivity contribution is -0.136. The maximum absolute atomic E-state index is 13.1. The van der Waals surface area contributed by atoms with Crippen LogP contribution in [-0.2, 0) is 27.2 Å². The predicted molar refractivity (Wildman–Crippen MR) is 124 cm³/mol. The molecule has 0 saturated heterocycles. The zero-order valence-electron chi connectivity index (χ0n) is 18.5. The molecule has 3 aromatic rings. The highest BCUT2D eigenvalue weighted by Gasteiger charge is 2.36. The molecule has 0 spiro atoms. The van der Waals surface area contributed by atoms with Gasteiger partial charge in [0.05, 0.1) is 18.1 Å². The van der Waals surface area contributed by atoms with E-state index in [4.69, 9.17) is 13.6 Å². The lowest BCUT2D eigenvalue weighted by Crippen LogP contribution is -2.31. The number of esters is 1. The minimum absolute atomic E-state index is 0.262. The summed E-state index contributed by atoms with van der Waals surface area (Å²) in [5.41, 5.74) is 1.86. The van der Waals surface area contributed by atoms with Crippen molar-refractivity contribution in [3.63, 3.8) is 0 Å². The van der Waals surface area contributed by atoms with Crippen molar-refractivity contribution in [1.29, 1.82) is 0 Å². The first-order valence-electron chi connectivity index (χ1n) is 11.1. The molecule has 176 valence electrons. The van der Waals surface area contributed by atoms with Crippen LogP contribution in [0.1, 0.15) is 64.5 Å². The molecule has 0 aromatic carbocycles. The second-order valence-corrected chi connectivity index (χ2v) is 9.28. The molecule has 10 heteroatoms. The van der Waals surface area contributed by atoms with Crippen molar-refractivity contribution in [1.82, 2.24) is 5.01 Å². The van der Waals surface area contributed by atoms with E-state index in [1.165, 1.54) is 29.5 Å². The molecule has 0 bridgehead atoms. The van der Waals surface area contributed by atoms with Gasteiger partial charge in [-0.15, -0.1) is 11.3 Å². The second kappa shape index (κ2) is 9.30. The van der Waals surface area contributed by atoms with Gasteiger partial charge in [-0.2, -0.15) is 5.10 Å². The standard InChI is InChI=1S/C24H23N3O6S/c1-14(28)25-23-22(15-6-2-3-9-20(15)34-23)24(30)33-13-21(29)27-17(19-8-5-11-32-19)12-16(26-27)18-7-4-10-31-18/h4-5,7-8,10-11,17H,2-3,6,9,12-13H2,1H3,(H,25,28). The van der Waals surface area contributed by atoms with E-state index < -0.39 is 24.5 Å². The number of hydrogen-bond donors (Lipinski definition) is 1. The Kier molecular flexibility index (Phi) is 6.06. The van der Waals surface area contributed by atoms with Crippen LogP contribution in [0.3, 0.4) is 0 Å². The van der Waals surface area contributed by atoms with Crippen molar-refractivity contribution in [3.8, 4) is 0 Å². The number of ether oxygens (including phenoxy) is 1. The average molecular weight is 482 g/mol. The Bertz CT molecular complexity index is 1240. The number of anilines is 1. The van der Waals surface area contributed by atoms with Crippen molar-refractivity contribution in [3.05, 3.63) is 64.3 Å². The second-order valence-electron chi connectivity index (χ2n) is 8.17. The van der Waals surface area contributed by atoms with Crippen LogP contribution in [0.4, 0.5) is 5.00 Å². The summed E-state index contributed by atoms with van der Waals surface area (Å²) >= 11 is 1.40. The molecule has 1 unspecified atom stereocenters. The predicted octanol–water partition coefficient (Wildman–Crippen LogP) is 4.31. The minimum Gasteiger partial charge on any atom is -0.467 e. The number of rotatable bonds is 6. The first kappa shape index (κ1) is 22.1. The first-order chi connectivity index (χ1) is 16.5. The maximum atomic E-state index is 13.1. The molecule has 1 aliphatic heterocycles. The van der Waals surface area contributed by atoms with Crippen LogP contribution in [-0.4, -0.2) is 35.1 Å². The normalized spacial score (nSPS) is 17.3. The topological polar surface area (TPSA) is 114 Å². The Morgan fingerprint density at radius 2 is 1.97 bits per heavy atom. The number of thiophene rings is 1. The molecule has 0 fully saturated rings. The molecule has 1 atom stereocenters. The molecule has 0 saturated carbocycles. The van der Waals surface area contributed by atoms with Crippen LogP contribution >= 0.6 is 11.3 Å². The summed E-state index contributed by atoms with van der Waals surface area (Å²) < 4.78 is 16.4. The number of hydrazone groups is 1. The Morgan fingerprint density at radius 1 is 1.18 bits per heavy atom. The number of nitrogens with one attached hydrogen (secondary N) is 1. The third-order valence-electron chi connectivity index (χ3n) is 5.83. The highest BCUT2D eigenvalue weighted by molar-refractivity contribution is 7.17. The average Bonchev–Trinajstić information content (AvgIpc) is 3.61. The van der Waals surface area contributed by atoms with Crippen LogP contribution in [0.25, 0.3) is 0 Å². The van der Waals surface area contributed by atoms with E-state index >= 15 is 0 Å². The summed E-state index contributed by atoms with van der Waals surface area (Å²) in [7, 11) is 0. The van der Waals surface area contributed by atoms with Crippen molar-refractivity contribution in [2.75, 3.05) is 11.9 Å². The summed E-state index contributed by atoms with van der Waals surface area (Å²) in [6, 6.07) is 6.57. The molecule has 0 radical (unpaired) electrons. The van der Waals surface area contributed by atoms with Crippen LogP contribution in [0.15, 0.2) is 50.7 Å². The first-order valence-corrected chi connectivity index (χ1v) is 11.9. The third kappa shape index (κ3) is 4.28. The van der Waals surface area contributed by atoms with Crippen LogP contribution in [0.2, 0.25) is 0 Å². The molecule has 4 heterocycles. The van der Waals surface area contributed by atoms with Gasteiger partial charge in [-0.1, -0.05) is 0 Å². The van der Waals surface area contributed by atoms with Gasteiger partial charge in [-0.05, 0) is 55.5 Å². The highest BCUT2D eigenvalue weighted by Crippen LogP contribution is 2.39. The number of carbonyl (C=O) groups is 3. The van der Waals surface area contributed by atoms with E-state index in [-0.39, 0.29) is 5.91 Å². The number of carbonyl (C=O) groups excluding carboxylic acids is 3. The largest absolute Gasteiger partial charge is 0.467 e. The number of aryl methyl sites for hydroxylation is 1. The van der Waals surface area contributed by atoms with Crippen LogP contribution in [0.5, 0.6) is 0 Å². The molecular weight excluding hydrogens is 458 g/mol. The fourth-order valence-electron chi connectivity index (χ4n) is 4.33. The smallest absolute Gasteiger partial charge is 0.341 e. The third-order valence-corrected chi connectivity index (χ3v) is 7.04. The van der Waals surface area contributed by atoms with Crippen molar-refractivity contribution in [2.45, 2.75) is 45.1 Å². The molecule has 1 N–H and O–H groups in total. The van der Waals surface area contributed by atoms with E-state index in [1.54, 1.807) is 30.5 Å². The summed E-state index contributed by atoms with van der Waals surface area (Å²) in [6.45, 7) is 0.906. The van der Waals surface area contributed by atoms with Gasteiger partial charge >= 0.3 is 5.97 Å². The van der Waals surface area contributed by atoms with E-state index in [0.29, 0.717) is 34.2 Å². The Hall–Kier alpha value is -3.66. The zero-order chi connectivity index (χ0) is 23.7. The summed E-state index contributed by atoms with van der Waals surface area (Å²) in [4.78, 5) is 38.9. The fraction of sp³-hybridized carbons (Fsp3) is 0.333. The number of hydrogen-bond acceptors (Lipinski definition) is 8. The molecule has 34 heavy (non-hydrogen) atoms. The molecule has 2 aliphatic rings. The minimum atomic E-state index is -0.625. The molecule has 9 nitrogen and oxygen atoms in total. The Morgan fingerprint density at radius 3 is 2.71 bits per heavy atom. The van der Waals surface area contributed by atoms with Gasteiger partial charge in [0.25, 0.3) is 5.91 Å². The quantitative estimate of drug-likeness (QED) is 0.525. The van der Waals surface area contributed by atoms with Gasteiger partial charge in [0.1, 0.15) is 28.3 Å². The Labute approximate surface area is 199 Å². The number of fused-ring (bicyclic) bond motifs is 1. The molecule has 3 aromatic heterocycles. The zero-order valence-corrected chi connectivity index (χ0v) is 19.4. The molecule has 5 rings (SSSR count). The molecule has 2 amide bonds. The summed E-state index contributed by atoms with van der Waals surface area (Å²) in [5.74, 6) is -0.234.